The fraction of sp³-hybridized carbons (Fsp3) is 0.462. The van der Waals surface area contributed by atoms with Gasteiger partial charge in [-0.15, -0.1) is 0 Å². The zero-order chi connectivity index (χ0) is 13.2. The van der Waals surface area contributed by atoms with E-state index in [0.717, 1.165) is 30.0 Å². The molecule has 0 fully saturated rings. The maximum atomic E-state index is 11.6. The first-order valence-electron chi connectivity index (χ1n) is 6.06. The largest absolute Gasteiger partial charge is 0.399 e. The van der Waals surface area contributed by atoms with Crippen LogP contribution < -0.4 is 11.1 Å². The van der Waals surface area contributed by atoms with Crippen molar-refractivity contribution in [1.29, 1.82) is 0 Å². The van der Waals surface area contributed by atoms with E-state index in [1.807, 2.05) is 12.1 Å². The predicted octanol–water partition coefficient (Wildman–Crippen LogP) is 2.10. The molecule has 1 aromatic rings. The molecule has 0 radical (unpaired) electrons. The number of nitrogens with two attached hydrogens (primary N) is 1. The van der Waals surface area contributed by atoms with Crippen molar-refractivity contribution < 1.29 is 9.90 Å². The molecule has 0 heterocycles. The summed E-state index contributed by atoms with van der Waals surface area (Å²) in [5, 5.41) is 11.4. The summed E-state index contributed by atoms with van der Waals surface area (Å²) < 4.78 is 0. The zero-order valence-corrected chi connectivity index (χ0v) is 11.2. The number of benzene rings is 1. The molecule has 5 heteroatoms. The Bertz CT molecular complexity index is 372. The van der Waals surface area contributed by atoms with Crippen molar-refractivity contribution in [2.24, 2.45) is 0 Å². The summed E-state index contributed by atoms with van der Waals surface area (Å²) in [6.45, 7) is 0.239. The maximum Gasteiger partial charge on any atom is 0.224 e. The van der Waals surface area contributed by atoms with Crippen molar-refractivity contribution in [3.63, 3.8) is 0 Å². The van der Waals surface area contributed by atoms with Crippen LogP contribution in [0.2, 0.25) is 0 Å². The fourth-order valence-corrected chi connectivity index (χ4v) is 2.33. The Labute approximate surface area is 112 Å². The van der Waals surface area contributed by atoms with Crippen LogP contribution in [0.5, 0.6) is 0 Å². The van der Waals surface area contributed by atoms with Crippen LogP contribution in [0.15, 0.2) is 24.3 Å². The highest BCUT2D eigenvalue weighted by atomic mass is 32.2. The number of nitrogens with one attached hydrogen (secondary N) is 1. The molecule has 0 saturated carbocycles. The number of thioether (sulfide) groups is 1. The van der Waals surface area contributed by atoms with Gasteiger partial charge in [0.25, 0.3) is 0 Å². The second kappa shape index (κ2) is 8.83. The average Bonchev–Trinajstić information content (AvgIpc) is 2.33. The van der Waals surface area contributed by atoms with Gasteiger partial charge >= 0.3 is 0 Å². The fourth-order valence-electron chi connectivity index (χ4n) is 1.44. The predicted molar refractivity (Wildman–Crippen MR) is 77.7 cm³/mol. The first kappa shape index (κ1) is 14.9. The zero-order valence-electron chi connectivity index (χ0n) is 10.4. The van der Waals surface area contributed by atoms with Crippen LogP contribution >= 0.6 is 11.8 Å². The van der Waals surface area contributed by atoms with Gasteiger partial charge in [0, 0.05) is 24.4 Å². The number of nitrogen functional groups attached to an aromatic ring is 1. The van der Waals surface area contributed by atoms with Gasteiger partial charge in [0.05, 0.1) is 0 Å². The molecule has 0 bridgehead atoms. The molecule has 18 heavy (non-hydrogen) atoms. The topological polar surface area (TPSA) is 75.3 Å². The molecule has 0 aliphatic rings. The van der Waals surface area contributed by atoms with Crippen molar-refractivity contribution in [3.8, 4) is 0 Å². The van der Waals surface area contributed by atoms with Gasteiger partial charge < -0.3 is 16.2 Å². The number of anilines is 2. The molecule has 0 aromatic heterocycles. The average molecular weight is 268 g/mol. The molecule has 1 amide bonds. The van der Waals surface area contributed by atoms with E-state index in [2.05, 4.69) is 5.32 Å². The Balaban J connectivity index is 2.14. The number of carbonyl (C=O) groups is 1. The lowest BCUT2D eigenvalue weighted by Gasteiger charge is -2.05. The van der Waals surface area contributed by atoms with Gasteiger partial charge in [-0.2, -0.15) is 11.8 Å². The maximum absolute atomic E-state index is 11.6. The van der Waals surface area contributed by atoms with Gasteiger partial charge in [-0.25, -0.2) is 0 Å². The van der Waals surface area contributed by atoms with Crippen LogP contribution in [0.1, 0.15) is 19.3 Å². The molecule has 100 valence electrons. The van der Waals surface area contributed by atoms with Crippen molar-refractivity contribution >= 4 is 29.0 Å². The van der Waals surface area contributed by atoms with E-state index >= 15 is 0 Å². The highest BCUT2D eigenvalue weighted by Gasteiger charge is 2.02. The monoisotopic (exact) mass is 268 g/mol. The number of amides is 1. The van der Waals surface area contributed by atoms with Crippen molar-refractivity contribution in [2.45, 2.75) is 19.3 Å². The van der Waals surface area contributed by atoms with E-state index in [4.69, 9.17) is 10.8 Å². The third-order valence-electron chi connectivity index (χ3n) is 2.31. The van der Waals surface area contributed by atoms with E-state index in [0.29, 0.717) is 12.1 Å². The van der Waals surface area contributed by atoms with Crippen molar-refractivity contribution in [3.05, 3.63) is 24.3 Å². The third kappa shape index (κ3) is 6.51. The van der Waals surface area contributed by atoms with E-state index in [-0.39, 0.29) is 12.5 Å². The first-order valence-corrected chi connectivity index (χ1v) is 7.22. The molecule has 0 spiro atoms. The summed E-state index contributed by atoms with van der Waals surface area (Å²) in [5.41, 5.74) is 7.02. The molecule has 0 unspecified atom stereocenters. The lowest BCUT2D eigenvalue weighted by molar-refractivity contribution is -0.116. The van der Waals surface area contributed by atoms with E-state index in [1.165, 1.54) is 0 Å². The molecule has 0 atom stereocenters. The standard InChI is InChI=1S/C13H20N2O2S/c14-11-4-1-5-12(10-11)15-13(17)6-2-8-18-9-3-7-16/h1,4-5,10,16H,2-3,6-9,14H2,(H,15,17). The van der Waals surface area contributed by atoms with Gasteiger partial charge in [0.15, 0.2) is 0 Å². The lowest BCUT2D eigenvalue weighted by Crippen LogP contribution is -2.11. The number of rotatable bonds is 8. The molecule has 0 saturated heterocycles. The lowest BCUT2D eigenvalue weighted by atomic mass is 10.2. The smallest absolute Gasteiger partial charge is 0.224 e. The minimum Gasteiger partial charge on any atom is -0.399 e. The highest BCUT2D eigenvalue weighted by molar-refractivity contribution is 7.99. The SMILES string of the molecule is Nc1cccc(NC(=O)CCCSCCCO)c1. The Morgan fingerprint density at radius 1 is 1.33 bits per heavy atom. The molecule has 0 aliphatic heterocycles. The number of hydrogen-bond donors (Lipinski definition) is 3. The summed E-state index contributed by atoms with van der Waals surface area (Å²) in [4.78, 5) is 11.6. The summed E-state index contributed by atoms with van der Waals surface area (Å²) in [5.74, 6) is 1.92. The summed E-state index contributed by atoms with van der Waals surface area (Å²) >= 11 is 1.77. The molecule has 4 nitrogen and oxygen atoms in total. The Morgan fingerprint density at radius 2 is 2.11 bits per heavy atom. The van der Waals surface area contributed by atoms with Gasteiger partial charge in [-0.05, 0) is 42.5 Å². The van der Waals surface area contributed by atoms with Crippen LogP contribution in [-0.2, 0) is 4.79 Å². The minimum atomic E-state index is 0.0170. The number of aliphatic hydroxyl groups excluding tert-OH is 1. The van der Waals surface area contributed by atoms with Crippen LogP contribution in [0.4, 0.5) is 11.4 Å². The molecule has 4 N–H and O–H groups in total. The number of carbonyl (C=O) groups excluding carboxylic acids is 1. The van der Waals surface area contributed by atoms with E-state index < -0.39 is 0 Å². The van der Waals surface area contributed by atoms with Gasteiger partial charge in [0.2, 0.25) is 5.91 Å². The van der Waals surface area contributed by atoms with Crippen LogP contribution in [0.3, 0.4) is 0 Å². The number of hydrogen-bond acceptors (Lipinski definition) is 4. The molecular formula is C13H20N2O2S. The second-order valence-corrected chi connectivity index (χ2v) is 5.19. The van der Waals surface area contributed by atoms with Crippen molar-refractivity contribution in [1.82, 2.24) is 0 Å². The Kier molecular flexibility index (Phi) is 7.29. The quantitative estimate of drug-likeness (QED) is 0.498. The van der Waals surface area contributed by atoms with Gasteiger partial charge in [0.1, 0.15) is 0 Å². The minimum absolute atomic E-state index is 0.0170. The van der Waals surface area contributed by atoms with Crippen LogP contribution in [-0.4, -0.2) is 29.1 Å². The number of aliphatic hydroxyl groups is 1. The highest BCUT2D eigenvalue weighted by Crippen LogP contribution is 2.13. The van der Waals surface area contributed by atoms with E-state index in [1.54, 1.807) is 23.9 Å². The normalized spacial score (nSPS) is 10.3. The van der Waals surface area contributed by atoms with E-state index in [9.17, 15) is 4.79 Å². The second-order valence-electron chi connectivity index (χ2n) is 3.97. The van der Waals surface area contributed by atoms with Crippen LogP contribution in [0, 0.1) is 0 Å². The summed E-state index contributed by atoms with van der Waals surface area (Å²) in [6.07, 6.45) is 2.19. The summed E-state index contributed by atoms with van der Waals surface area (Å²) in [7, 11) is 0. The Morgan fingerprint density at radius 3 is 2.83 bits per heavy atom. The van der Waals surface area contributed by atoms with Crippen LogP contribution in [0.25, 0.3) is 0 Å². The van der Waals surface area contributed by atoms with Gasteiger partial charge in [-0.3, -0.25) is 4.79 Å². The van der Waals surface area contributed by atoms with Gasteiger partial charge in [-0.1, -0.05) is 6.07 Å². The van der Waals surface area contributed by atoms with Crippen molar-refractivity contribution in [2.75, 3.05) is 29.2 Å². The third-order valence-corrected chi connectivity index (χ3v) is 3.46. The molecule has 1 aromatic carbocycles. The molecular weight excluding hydrogens is 248 g/mol. The molecule has 0 aliphatic carbocycles. The summed E-state index contributed by atoms with van der Waals surface area (Å²) in [6, 6.07) is 7.17. The molecule has 1 rings (SSSR count). The Hall–Kier alpha value is -1.20. The first-order chi connectivity index (χ1) is 8.72.